The quantitative estimate of drug-likeness (QED) is 0.636. The first-order valence-corrected chi connectivity index (χ1v) is 9.64. The van der Waals surface area contributed by atoms with E-state index in [-0.39, 0.29) is 12.6 Å². The molecule has 3 N–H and O–H groups in total. The van der Waals surface area contributed by atoms with Gasteiger partial charge in [-0.05, 0) is 25.1 Å². The third-order valence-corrected chi connectivity index (χ3v) is 4.75. The maximum atomic E-state index is 12.7. The van der Waals surface area contributed by atoms with Gasteiger partial charge in [-0.25, -0.2) is 19.7 Å². The molecule has 4 rings (SSSR count). The summed E-state index contributed by atoms with van der Waals surface area (Å²) in [4.78, 5) is 31.5. The number of benzene rings is 1. The molecule has 1 aliphatic rings. The van der Waals surface area contributed by atoms with Crippen LogP contribution in [0.4, 0.5) is 22.1 Å². The Morgan fingerprint density at radius 2 is 2.17 bits per heavy atom. The minimum Gasteiger partial charge on any atom is -0.490 e. The standard InChI is InChI=1S/C20H23N7O3/c1-2-27(20(28)30-12-14-8-23-19(21)24-9-14)16-3-4-18-17(7-16)26(5-6-29-18)11-15-10-22-13-25-15/h3-4,7-10,13H,2,5-6,11-12H2,1H3,(H,22,25)(H2,21,23,24). The highest BCUT2D eigenvalue weighted by atomic mass is 16.6. The molecule has 0 bridgehead atoms. The van der Waals surface area contributed by atoms with Crippen molar-refractivity contribution >= 4 is 23.4 Å². The Balaban J connectivity index is 1.50. The number of ether oxygens (including phenoxy) is 2. The predicted molar refractivity (Wildman–Crippen MR) is 111 cm³/mol. The second-order valence-corrected chi connectivity index (χ2v) is 6.73. The summed E-state index contributed by atoms with van der Waals surface area (Å²) >= 11 is 0. The van der Waals surface area contributed by atoms with Gasteiger partial charge in [0.1, 0.15) is 19.0 Å². The normalized spacial score (nSPS) is 12.8. The zero-order chi connectivity index (χ0) is 20.9. The lowest BCUT2D eigenvalue weighted by molar-refractivity contribution is 0.147. The SMILES string of the molecule is CCN(C(=O)OCc1cnc(N)nc1)c1ccc2c(c1)N(Cc1c[nH]cn1)CCO2. The van der Waals surface area contributed by atoms with E-state index in [1.807, 2.05) is 31.3 Å². The van der Waals surface area contributed by atoms with Gasteiger partial charge < -0.3 is 25.1 Å². The molecule has 3 heterocycles. The van der Waals surface area contributed by atoms with Crippen molar-refractivity contribution in [3.05, 3.63) is 54.4 Å². The predicted octanol–water partition coefficient (Wildman–Crippen LogP) is 2.34. The van der Waals surface area contributed by atoms with Gasteiger partial charge in [-0.3, -0.25) is 4.90 Å². The Bertz CT molecular complexity index is 992. The maximum absolute atomic E-state index is 12.7. The van der Waals surface area contributed by atoms with Crippen LogP contribution >= 0.6 is 0 Å². The molecule has 3 aromatic rings. The fourth-order valence-corrected chi connectivity index (χ4v) is 3.25. The summed E-state index contributed by atoms with van der Waals surface area (Å²) in [5, 5.41) is 0. The molecule has 0 unspecified atom stereocenters. The summed E-state index contributed by atoms with van der Waals surface area (Å²) in [5.74, 6) is 0.958. The third kappa shape index (κ3) is 4.27. The molecule has 10 nitrogen and oxygen atoms in total. The van der Waals surface area contributed by atoms with Crippen molar-refractivity contribution < 1.29 is 14.3 Å². The number of hydrogen-bond donors (Lipinski definition) is 2. The molecule has 30 heavy (non-hydrogen) atoms. The van der Waals surface area contributed by atoms with Gasteiger partial charge in [0.2, 0.25) is 5.95 Å². The minimum atomic E-state index is -0.454. The van der Waals surface area contributed by atoms with Crippen molar-refractivity contribution in [2.24, 2.45) is 0 Å². The molecule has 0 saturated heterocycles. The number of imidazole rings is 1. The highest BCUT2D eigenvalue weighted by molar-refractivity contribution is 5.89. The number of fused-ring (bicyclic) bond motifs is 1. The molecule has 0 fully saturated rings. The number of nitrogen functional groups attached to an aromatic ring is 1. The number of hydrogen-bond acceptors (Lipinski definition) is 8. The summed E-state index contributed by atoms with van der Waals surface area (Å²) in [6.07, 6.45) is 6.15. The summed E-state index contributed by atoms with van der Waals surface area (Å²) in [6.45, 7) is 4.39. The van der Waals surface area contributed by atoms with Crippen LogP contribution in [0.25, 0.3) is 0 Å². The van der Waals surface area contributed by atoms with Crippen LogP contribution in [0, 0.1) is 0 Å². The zero-order valence-corrected chi connectivity index (χ0v) is 16.6. The molecule has 0 spiro atoms. The van der Waals surface area contributed by atoms with Gasteiger partial charge in [0.15, 0.2) is 0 Å². The molecular weight excluding hydrogens is 386 g/mol. The second kappa shape index (κ2) is 8.68. The Kier molecular flexibility index (Phi) is 5.64. The van der Waals surface area contributed by atoms with Crippen LogP contribution in [0.5, 0.6) is 5.75 Å². The van der Waals surface area contributed by atoms with Crippen LogP contribution in [0.15, 0.2) is 43.1 Å². The molecule has 0 saturated carbocycles. The lowest BCUT2D eigenvalue weighted by atomic mass is 10.2. The summed E-state index contributed by atoms with van der Waals surface area (Å²) < 4.78 is 11.2. The smallest absolute Gasteiger partial charge is 0.414 e. The number of amides is 1. The first kappa shape index (κ1) is 19.5. The van der Waals surface area contributed by atoms with E-state index in [0.29, 0.717) is 25.3 Å². The lowest BCUT2D eigenvalue weighted by Crippen LogP contribution is -2.34. The highest BCUT2D eigenvalue weighted by Gasteiger charge is 2.23. The summed E-state index contributed by atoms with van der Waals surface area (Å²) in [7, 11) is 0. The zero-order valence-electron chi connectivity index (χ0n) is 16.6. The van der Waals surface area contributed by atoms with Gasteiger partial charge in [0.25, 0.3) is 0 Å². The topological polar surface area (TPSA) is 122 Å². The van der Waals surface area contributed by atoms with E-state index in [4.69, 9.17) is 15.2 Å². The van der Waals surface area contributed by atoms with Crippen molar-refractivity contribution in [2.75, 3.05) is 35.2 Å². The number of aromatic nitrogens is 4. The van der Waals surface area contributed by atoms with Gasteiger partial charge in [-0.2, -0.15) is 0 Å². The molecule has 2 aromatic heterocycles. The van der Waals surface area contributed by atoms with Gasteiger partial charge in [-0.1, -0.05) is 0 Å². The summed E-state index contributed by atoms with van der Waals surface area (Å²) in [5.41, 5.74) is 8.73. The third-order valence-electron chi connectivity index (χ3n) is 4.75. The molecule has 10 heteroatoms. The van der Waals surface area contributed by atoms with Gasteiger partial charge in [-0.15, -0.1) is 0 Å². The Labute approximate surface area is 173 Å². The number of anilines is 3. The van der Waals surface area contributed by atoms with E-state index in [1.54, 1.807) is 11.2 Å². The van der Waals surface area contributed by atoms with Crippen LogP contribution < -0.4 is 20.3 Å². The fraction of sp³-hybridized carbons (Fsp3) is 0.300. The molecule has 0 atom stereocenters. The first-order chi connectivity index (χ1) is 14.6. The van der Waals surface area contributed by atoms with Crippen LogP contribution in [-0.2, 0) is 17.9 Å². The Hall–Kier alpha value is -3.82. The van der Waals surface area contributed by atoms with Crippen molar-refractivity contribution in [3.63, 3.8) is 0 Å². The van der Waals surface area contributed by atoms with E-state index in [9.17, 15) is 4.79 Å². The van der Waals surface area contributed by atoms with E-state index < -0.39 is 6.09 Å². The van der Waals surface area contributed by atoms with Crippen LogP contribution in [0.2, 0.25) is 0 Å². The van der Waals surface area contributed by atoms with Crippen molar-refractivity contribution in [1.29, 1.82) is 0 Å². The molecule has 0 radical (unpaired) electrons. The second-order valence-electron chi connectivity index (χ2n) is 6.73. The number of nitrogens with two attached hydrogens (primary N) is 1. The van der Waals surface area contributed by atoms with Crippen LogP contribution in [-0.4, -0.2) is 45.7 Å². The molecule has 0 aliphatic carbocycles. The van der Waals surface area contributed by atoms with Gasteiger partial charge in [0, 0.05) is 36.4 Å². The molecular formula is C20H23N7O3. The number of nitrogens with zero attached hydrogens (tertiary/aromatic N) is 5. The number of nitrogens with one attached hydrogen (secondary N) is 1. The Morgan fingerprint density at radius 3 is 2.90 bits per heavy atom. The number of carbonyl (C=O) groups is 1. The van der Waals surface area contributed by atoms with E-state index in [2.05, 4.69) is 24.8 Å². The maximum Gasteiger partial charge on any atom is 0.414 e. The molecule has 1 aromatic carbocycles. The highest BCUT2D eigenvalue weighted by Crippen LogP contribution is 2.36. The van der Waals surface area contributed by atoms with Gasteiger partial charge in [0.05, 0.1) is 30.8 Å². The average Bonchev–Trinajstić information content (AvgIpc) is 3.27. The van der Waals surface area contributed by atoms with E-state index >= 15 is 0 Å². The molecule has 1 aliphatic heterocycles. The minimum absolute atomic E-state index is 0.0644. The number of carbonyl (C=O) groups excluding carboxylic acids is 1. The average molecular weight is 409 g/mol. The van der Waals surface area contributed by atoms with Crippen molar-refractivity contribution in [2.45, 2.75) is 20.1 Å². The molecule has 156 valence electrons. The fourth-order valence-electron chi connectivity index (χ4n) is 3.25. The van der Waals surface area contributed by atoms with Crippen LogP contribution in [0.1, 0.15) is 18.2 Å². The van der Waals surface area contributed by atoms with Gasteiger partial charge >= 0.3 is 6.09 Å². The van der Waals surface area contributed by atoms with Crippen molar-refractivity contribution in [1.82, 2.24) is 19.9 Å². The Morgan fingerprint density at radius 1 is 1.33 bits per heavy atom. The summed E-state index contributed by atoms with van der Waals surface area (Å²) in [6, 6.07) is 5.68. The van der Waals surface area contributed by atoms with E-state index in [1.165, 1.54) is 12.4 Å². The van der Waals surface area contributed by atoms with Crippen molar-refractivity contribution in [3.8, 4) is 5.75 Å². The largest absolute Gasteiger partial charge is 0.490 e. The van der Waals surface area contributed by atoms with E-state index in [0.717, 1.165) is 29.4 Å². The monoisotopic (exact) mass is 409 g/mol. The number of H-pyrrole nitrogens is 1. The van der Waals surface area contributed by atoms with Crippen LogP contribution in [0.3, 0.4) is 0 Å². The molecule has 1 amide bonds. The lowest BCUT2D eigenvalue weighted by Gasteiger charge is -2.32. The first-order valence-electron chi connectivity index (χ1n) is 9.64. The number of aromatic amines is 1. The number of rotatable bonds is 6.